The van der Waals surface area contributed by atoms with Crippen molar-refractivity contribution in [3.05, 3.63) is 40.1 Å². The largest absolute Gasteiger partial charge is 0.516 e. The zero-order valence-corrected chi connectivity index (χ0v) is 7.10. The van der Waals surface area contributed by atoms with Gasteiger partial charge in [-0.25, -0.2) is 0 Å². The van der Waals surface area contributed by atoms with Crippen LogP contribution < -0.4 is 0 Å². The Morgan fingerprint density at radius 3 is 2.18 bits per heavy atom. The number of halogens is 2. The maximum absolute atomic E-state index is 8.47. The normalized spacial score (nSPS) is 10.7. The first-order valence-corrected chi connectivity index (χ1v) is 3.76. The van der Waals surface area contributed by atoms with E-state index in [2.05, 4.69) is 0 Å². The second-order valence-electron chi connectivity index (χ2n) is 1.95. The molecule has 0 aliphatic heterocycles. The lowest BCUT2D eigenvalue weighted by molar-refractivity contribution is 0.478. The van der Waals surface area contributed by atoms with Crippen LogP contribution in [0.1, 0.15) is 5.56 Å². The van der Waals surface area contributed by atoms with Crippen molar-refractivity contribution in [2.45, 2.75) is 0 Å². The molecule has 1 rings (SSSR count). The van der Waals surface area contributed by atoms with E-state index in [1.807, 2.05) is 0 Å². The topological polar surface area (TPSA) is 20.2 Å². The molecule has 0 spiro atoms. The van der Waals surface area contributed by atoms with Crippen LogP contribution in [0, 0.1) is 0 Å². The highest BCUT2D eigenvalue weighted by molar-refractivity contribution is 6.37. The van der Waals surface area contributed by atoms with E-state index in [1.165, 1.54) is 6.08 Å². The molecule has 0 aliphatic carbocycles. The van der Waals surface area contributed by atoms with Crippen LogP contribution in [0.15, 0.2) is 24.5 Å². The van der Waals surface area contributed by atoms with Crippen LogP contribution in [0.4, 0.5) is 0 Å². The van der Waals surface area contributed by atoms with Crippen LogP contribution >= 0.6 is 23.2 Å². The molecular formula is C8H6Cl2O. The van der Waals surface area contributed by atoms with E-state index >= 15 is 0 Å². The Balaban J connectivity index is 3.20. The van der Waals surface area contributed by atoms with Gasteiger partial charge in [-0.15, -0.1) is 0 Å². The number of aliphatic hydroxyl groups excluding tert-OH is 1. The van der Waals surface area contributed by atoms with E-state index in [4.69, 9.17) is 28.3 Å². The number of benzene rings is 1. The summed E-state index contributed by atoms with van der Waals surface area (Å²) in [5.74, 6) is 0. The second-order valence-corrected chi connectivity index (χ2v) is 2.77. The predicted molar refractivity (Wildman–Crippen MR) is 48.1 cm³/mol. The Labute approximate surface area is 74.9 Å². The summed E-state index contributed by atoms with van der Waals surface area (Å²) in [6, 6.07) is 5.17. The molecule has 11 heavy (non-hydrogen) atoms. The molecule has 1 nitrogen and oxygen atoms in total. The fourth-order valence-corrected chi connectivity index (χ4v) is 1.27. The molecule has 0 fully saturated rings. The lowest BCUT2D eigenvalue weighted by Gasteiger charge is -1.98. The van der Waals surface area contributed by atoms with Gasteiger partial charge < -0.3 is 5.11 Å². The third-order valence-electron chi connectivity index (χ3n) is 1.24. The summed E-state index contributed by atoms with van der Waals surface area (Å²) in [5, 5.41) is 9.53. The Kier molecular flexibility index (Phi) is 2.80. The first-order valence-electron chi connectivity index (χ1n) is 3.00. The van der Waals surface area contributed by atoms with Gasteiger partial charge in [-0.1, -0.05) is 29.3 Å². The van der Waals surface area contributed by atoms with Gasteiger partial charge in [0.25, 0.3) is 0 Å². The fourth-order valence-electron chi connectivity index (χ4n) is 0.744. The van der Waals surface area contributed by atoms with Crippen molar-refractivity contribution < 1.29 is 5.11 Å². The lowest BCUT2D eigenvalue weighted by atomic mass is 10.2. The van der Waals surface area contributed by atoms with E-state index in [0.29, 0.717) is 15.6 Å². The molecule has 1 aromatic carbocycles. The van der Waals surface area contributed by atoms with E-state index in [0.717, 1.165) is 6.26 Å². The highest BCUT2D eigenvalue weighted by Crippen LogP contribution is 2.24. The van der Waals surface area contributed by atoms with Gasteiger partial charge in [0.15, 0.2) is 0 Å². The minimum atomic E-state index is 0.530. The Morgan fingerprint density at radius 1 is 1.18 bits per heavy atom. The highest BCUT2D eigenvalue weighted by Gasteiger charge is 1.99. The summed E-state index contributed by atoms with van der Waals surface area (Å²) in [5.41, 5.74) is 0.637. The summed E-state index contributed by atoms with van der Waals surface area (Å²) in [6.07, 6.45) is 2.36. The maximum atomic E-state index is 8.47. The van der Waals surface area contributed by atoms with Crippen LogP contribution in [-0.4, -0.2) is 5.11 Å². The molecular weight excluding hydrogens is 183 g/mol. The van der Waals surface area contributed by atoms with Gasteiger partial charge in [0.05, 0.1) is 6.26 Å². The fraction of sp³-hybridized carbons (Fsp3) is 0. The SMILES string of the molecule is OC=Cc1c(Cl)cccc1Cl. The zero-order chi connectivity index (χ0) is 8.27. The van der Waals surface area contributed by atoms with E-state index in [-0.39, 0.29) is 0 Å². The molecule has 0 heterocycles. The zero-order valence-electron chi connectivity index (χ0n) is 5.59. The first-order chi connectivity index (χ1) is 5.25. The minimum absolute atomic E-state index is 0.530. The molecule has 1 aromatic rings. The number of hydrogen-bond donors (Lipinski definition) is 1. The van der Waals surface area contributed by atoms with Gasteiger partial charge in [-0.2, -0.15) is 0 Å². The van der Waals surface area contributed by atoms with Crippen LogP contribution in [0.5, 0.6) is 0 Å². The molecule has 0 radical (unpaired) electrons. The van der Waals surface area contributed by atoms with Crippen molar-refractivity contribution >= 4 is 29.3 Å². The Morgan fingerprint density at radius 2 is 1.73 bits per heavy atom. The van der Waals surface area contributed by atoms with E-state index in [1.54, 1.807) is 18.2 Å². The molecule has 0 bridgehead atoms. The molecule has 0 aliphatic rings. The second kappa shape index (κ2) is 3.65. The van der Waals surface area contributed by atoms with Crippen LogP contribution in [0.2, 0.25) is 10.0 Å². The minimum Gasteiger partial charge on any atom is -0.516 e. The molecule has 3 heteroatoms. The van der Waals surface area contributed by atoms with Gasteiger partial charge in [-0.05, 0) is 18.2 Å². The summed E-state index contributed by atoms with van der Waals surface area (Å²) >= 11 is 11.5. The van der Waals surface area contributed by atoms with E-state index < -0.39 is 0 Å². The average molecular weight is 189 g/mol. The van der Waals surface area contributed by atoms with Crippen molar-refractivity contribution in [2.24, 2.45) is 0 Å². The molecule has 0 amide bonds. The van der Waals surface area contributed by atoms with Crippen LogP contribution in [0.25, 0.3) is 6.08 Å². The van der Waals surface area contributed by atoms with Crippen molar-refractivity contribution in [1.29, 1.82) is 0 Å². The van der Waals surface area contributed by atoms with Gasteiger partial charge in [0, 0.05) is 15.6 Å². The number of hydrogen-bond acceptors (Lipinski definition) is 1. The molecule has 1 N–H and O–H groups in total. The highest BCUT2D eigenvalue weighted by atomic mass is 35.5. The molecule has 0 saturated carbocycles. The van der Waals surface area contributed by atoms with Crippen LogP contribution in [0.3, 0.4) is 0 Å². The van der Waals surface area contributed by atoms with Gasteiger partial charge in [0.2, 0.25) is 0 Å². The average Bonchev–Trinajstić information content (AvgIpc) is 1.97. The van der Waals surface area contributed by atoms with Gasteiger partial charge in [-0.3, -0.25) is 0 Å². The summed E-state index contributed by atoms with van der Waals surface area (Å²) < 4.78 is 0. The predicted octanol–water partition coefficient (Wildman–Crippen LogP) is 3.52. The number of aliphatic hydroxyl groups is 1. The maximum Gasteiger partial charge on any atom is 0.0798 e. The van der Waals surface area contributed by atoms with Gasteiger partial charge >= 0.3 is 0 Å². The van der Waals surface area contributed by atoms with E-state index in [9.17, 15) is 0 Å². The quantitative estimate of drug-likeness (QED) is 0.670. The Bertz CT molecular complexity index is 261. The summed E-state index contributed by atoms with van der Waals surface area (Å²) in [4.78, 5) is 0. The molecule has 0 saturated heterocycles. The van der Waals surface area contributed by atoms with Crippen molar-refractivity contribution in [3.8, 4) is 0 Å². The third kappa shape index (κ3) is 1.88. The molecule has 0 atom stereocenters. The van der Waals surface area contributed by atoms with Crippen molar-refractivity contribution in [2.75, 3.05) is 0 Å². The Hall–Kier alpha value is -0.660. The standard InChI is InChI=1S/C8H6Cl2O/c9-7-2-1-3-8(10)6(7)4-5-11/h1-5,11H. The van der Waals surface area contributed by atoms with Crippen molar-refractivity contribution in [3.63, 3.8) is 0 Å². The third-order valence-corrected chi connectivity index (χ3v) is 1.90. The first kappa shape index (κ1) is 8.44. The number of rotatable bonds is 1. The molecule has 58 valence electrons. The summed E-state index contributed by atoms with van der Waals surface area (Å²) in [7, 11) is 0. The van der Waals surface area contributed by atoms with Crippen molar-refractivity contribution in [1.82, 2.24) is 0 Å². The molecule has 0 aromatic heterocycles. The van der Waals surface area contributed by atoms with Crippen LogP contribution in [-0.2, 0) is 0 Å². The lowest BCUT2D eigenvalue weighted by Crippen LogP contribution is -1.76. The molecule has 0 unspecified atom stereocenters. The van der Waals surface area contributed by atoms with Gasteiger partial charge in [0.1, 0.15) is 0 Å². The smallest absolute Gasteiger partial charge is 0.0798 e. The monoisotopic (exact) mass is 188 g/mol. The summed E-state index contributed by atoms with van der Waals surface area (Å²) in [6.45, 7) is 0.